The van der Waals surface area contributed by atoms with Gasteiger partial charge in [-0.2, -0.15) is 0 Å². The van der Waals surface area contributed by atoms with E-state index in [1.807, 2.05) is 0 Å². The Morgan fingerprint density at radius 2 is 1.33 bits per heavy atom. The summed E-state index contributed by atoms with van der Waals surface area (Å²) in [6, 6.07) is 0. The molecule has 0 aromatic heterocycles. The highest BCUT2D eigenvalue weighted by Gasteiger charge is 2.68. The molecular weight excluding hydrogens is 300 g/mol. The third kappa shape index (κ3) is 2.84. The van der Waals surface area contributed by atoms with E-state index in [2.05, 4.69) is 0 Å². The predicted molar refractivity (Wildman–Crippen MR) is 61.4 cm³/mol. The van der Waals surface area contributed by atoms with Crippen molar-refractivity contribution < 1.29 is 29.9 Å². The maximum Gasteiger partial charge on any atom is 0.483 e. The summed E-state index contributed by atoms with van der Waals surface area (Å²) in [5.41, 5.74) is -6.61. The zero-order valence-electron chi connectivity index (χ0n) is 10.6. The molecule has 0 amide bonds. The third-order valence-corrected chi connectivity index (χ3v) is 3.14. The van der Waals surface area contributed by atoms with E-state index in [-0.39, 0.29) is 0 Å². The van der Waals surface area contributed by atoms with Gasteiger partial charge in [-0.05, 0) is 0 Å². The summed E-state index contributed by atoms with van der Waals surface area (Å²) in [5.74, 6) is 0. The van der Waals surface area contributed by atoms with Crippen LogP contribution in [0.3, 0.4) is 0 Å². The van der Waals surface area contributed by atoms with Gasteiger partial charge in [-0.3, -0.25) is 40.5 Å². The van der Waals surface area contributed by atoms with Gasteiger partial charge in [-0.15, -0.1) is 0 Å². The quantitative estimate of drug-likeness (QED) is 0.289. The van der Waals surface area contributed by atoms with Gasteiger partial charge in [0.05, 0.1) is 6.42 Å². The van der Waals surface area contributed by atoms with Crippen molar-refractivity contribution in [2.75, 3.05) is 6.61 Å². The molecule has 1 atom stereocenters. The van der Waals surface area contributed by atoms with E-state index < -0.39 is 56.6 Å². The highest BCUT2D eigenvalue weighted by Crippen LogP contribution is 2.29. The maximum atomic E-state index is 10.9. The molecule has 14 nitrogen and oxygen atoms in total. The summed E-state index contributed by atoms with van der Waals surface area (Å²) < 4.78 is 0. The lowest BCUT2D eigenvalue weighted by Gasteiger charge is -2.23. The molecule has 0 aliphatic carbocycles. The van der Waals surface area contributed by atoms with Crippen LogP contribution in [0.2, 0.25) is 0 Å². The van der Waals surface area contributed by atoms with Crippen molar-refractivity contribution in [3.05, 3.63) is 40.5 Å². The van der Waals surface area contributed by atoms with Gasteiger partial charge in [0.2, 0.25) is 6.10 Å². The van der Waals surface area contributed by atoms with E-state index in [1.165, 1.54) is 0 Å². The van der Waals surface area contributed by atoms with Crippen molar-refractivity contribution in [1.29, 1.82) is 0 Å². The number of nitro groups is 4. The van der Waals surface area contributed by atoms with Crippen molar-refractivity contribution in [2.45, 2.75) is 37.2 Å². The van der Waals surface area contributed by atoms with E-state index in [9.17, 15) is 45.6 Å². The Bertz CT molecular complexity index is 436. The van der Waals surface area contributed by atoms with E-state index >= 15 is 0 Å². The molecule has 0 fully saturated rings. The second-order valence-electron chi connectivity index (χ2n) is 4.12. The minimum atomic E-state index is -3.37. The van der Waals surface area contributed by atoms with Crippen molar-refractivity contribution in [3.8, 4) is 0 Å². The number of hydrogen-bond donors (Lipinski definition) is 2. The first kappa shape index (κ1) is 18.5. The average Bonchev–Trinajstić information content (AvgIpc) is 2.35. The summed E-state index contributed by atoms with van der Waals surface area (Å²) in [6.45, 7) is -0.729. The third-order valence-electron chi connectivity index (χ3n) is 3.14. The normalized spacial score (nSPS) is 13.5. The molecule has 0 saturated carbocycles. The number of aliphatic hydroxyl groups excluding tert-OH is 2. The topological polar surface area (TPSA) is 213 Å². The SMILES string of the molecule is CCC(C(O)CC(CO)([N+](=O)[O-])[N+](=O)[O-])([N+](=O)[O-])[N+](=O)[O-]. The van der Waals surface area contributed by atoms with Crippen LogP contribution in [0.15, 0.2) is 0 Å². The van der Waals surface area contributed by atoms with Crippen LogP contribution >= 0.6 is 0 Å². The number of rotatable bonds is 9. The Morgan fingerprint density at radius 1 is 0.952 bits per heavy atom. The van der Waals surface area contributed by atoms with Gasteiger partial charge in [-0.1, -0.05) is 6.92 Å². The van der Waals surface area contributed by atoms with Crippen molar-refractivity contribution in [1.82, 2.24) is 0 Å². The standard InChI is InChI=1S/C7H12N4O10/c1-2-7(10(18)19,11(20)21)5(13)3-6(4-12,8(14)15)9(16)17/h5,12-13H,2-4H2,1H3. The first-order valence-corrected chi connectivity index (χ1v) is 5.39. The Morgan fingerprint density at radius 3 is 1.52 bits per heavy atom. The number of nitrogens with zero attached hydrogens (tertiary/aromatic N) is 4. The Labute approximate surface area is 115 Å². The second-order valence-corrected chi connectivity index (χ2v) is 4.12. The molecular formula is C7H12N4O10. The summed E-state index contributed by atoms with van der Waals surface area (Å²) in [4.78, 5) is 37.1. The van der Waals surface area contributed by atoms with E-state index in [1.54, 1.807) is 0 Å². The largest absolute Gasteiger partial charge is 0.483 e. The molecule has 2 N–H and O–H groups in total. The number of aliphatic hydroxyl groups is 2. The van der Waals surface area contributed by atoms with Crippen LogP contribution in [0.25, 0.3) is 0 Å². The molecule has 0 saturated heterocycles. The minimum Gasteiger partial charge on any atom is -0.382 e. The van der Waals surface area contributed by atoms with Crippen molar-refractivity contribution in [2.24, 2.45) is 0 Å². The van der Waals surface area contributed by atoms with Crippen LogP contribution in [0.4, 0.5) is 0 Å². The van der Waals surface area contributed by atoms with Crippen LogP contribution in [0.5, 0.6) is 0 Å². The fourth-order valence-corrected chi connectivity index (χ4v) is 1.67. The Balaban J connectivity index is 5.84. The minimum absolute atomic E-state index is 0.870. The van der Waals surface area contributed by atoms with Crippen LogP contribution in [-0.2, 0) is 0 Å². The van der Waals surface area contributed by atoms with Gasteiger partial charge < -0.3 is 10.2 Å². The molecule has 0 aliphatic rings. The molecule has 0 rings (SSSR count). The monoisotopic (exact) mass is 312 g/mol. The second kappa shape index (κ2) is 6.31. The van der Waals surface area contributed by atoms with Gasteiger partial charge in [0.15, 0.2) is 6.61 Å². The van der Waals surface area contributed by atoms with Gasteiger partial charge >= 0.3 is 11.3 Å². The lowest BCUT2D eigenvalue weighted by atomic mass is 9.92. The zero-order chi connectivity index (χ0) is 17.0. The smallest absolute Gasteiger partial charge is 0.382 e. The summed E-state index contributed by atoms with van der Waals surface area (Å²) in [6.07, 6.45) is -5.12. The average molecular weight is 312 g/mol. The fourth-order valence-electron chi connectivity index (χ4n) is 1.67. The summed E-state index contributed by atoms with van der Waals surface area (Å²) in [5, 5.41) is 61.7. The molecule has 0 heterocycles. The summed E-state index contributed by atoms with van der Waals surface area (Å²) in [7, 11) is 0. The number of hydrogen-bond acceptors (Lipinski definition) is 10. The first-order chi connectivity index (χ1) is 9.52. The van der Waals surface area contributed by atoms with Crippen molar-refractivity contribution >= 4 is 0 Å². The lowest BCUT2D eigenvalue weighted by Crippen LogP contribution is -2.61. The fraction of sp³-hybridized carbons (Fsp3) is 1.00. The van der Waals surface area contributed by atoms with Gasteiger partial charge in [0, 0.05) is 0 Å². The van der Waals surface area contributed by atoms with Gasteiger partial charge in [0.25, 0.3) is 0 Å². The predicted octanol–water partition coefficient (Wildman–Crippen LogP) is -1.36. The van der Waals surface area contributed by atoms with Crippen LogP contribution < -0.4 is 0 Å². The molecule has 120 valence electrons. The van der Waals surface area contributed by atoms with E-state index in [0.717, 1.165) is 6.92 Å². The van der Waals surface area contributed by atoms with E-state index in [4.69, 9.17) is 5.11 Å². The van der Waals surface area contributed by atoms with Crippen LogP contribution in [0.1, 0.15) is 19.8 Å². The van der Waals surface area contributed by atoms with Gasteiger partial charge in [0.1, 0.15) is 26.1 Å². The molecule has 0 aromatic carbocycles. The summed E-state index contributed by atoms with van der Waals surface area (Å²) >= 11 is 0. The Kier molecular flexibility index (Phi) is 5.57. The molecule has 0 aliphatic heterocycles. The maximum absolute atomic E-state index is 10.9. The molecule has 0 radical (unpaired) electrons. The van der Waals surface area contributed by atoms with Crippen LogP contribution in [-0.4, -0.2) is 53.9 Å². The van der Waals surface area contributed by atoms with Crippen molar-refractivity contribution in [3.63, 3.8) is 0 Å². The first-order valence-electron chi connectivity index (χ1n) is 5.39. The molecule has 0 aromatic rings. The molecule has 21 heavy (non-hydrogen) atoms. The van der Waals surface area contributed by atoms with Crippen LogP contribution in [0, 0.1) is 40.5 Å². The molecule has 0 bridgehead atoms. The highest BCUT2D eigenvalue weighted by atomic mass is 16.7. The lowest BCUT2D eigenvalue weighted by molar-refractivity contribution is -0.824. The molecule has 0 spiro atoms. The molecule has 14 heteroatoms. The highest BCUT2D eigenvalue weighted by molar-refractivity contribution is 4.82. The zero-order valence-corrected chi connectivity index (χ0v) is 10.6. The Hall–Kier alpha value is -2.48. The van der Waals surface area contributed by atoms with E-state index in [0.29, 0.717) is 0 Å². The molecule has 1 unspecified atom stereocenters. The van der Waals surface area contributed by atoms with Gasteiger partial charge in [-0.25, -0.2) is 0 Å².